The summed E-state index contributed by atoms with van der Waals surface area (Å²) in [4.78, 5) is 30.3. The van der Waals surface area contributed by atoms with E-state index >= 15 is 0 Å². The lowest BCUT2D eigenvalue weighted by atomic mass is 9.86. The van der Waals surface area contributed by atoms with Gasteiger partial charge in [0.2, 0.25) is 5.91 Å². The first-order valence-electron chi connectivity index (χ1n) is 9.72. The lowest BCUT2D eigenvalue weighted by molar-refractivity contribution is -0.192. The number of aryl methyl sites for hydroxylation is 2. The van der Waals surface area contributed by atoms with Crippen molar-refractivity contribution in [3.8, 4) is 0 Å². The molecule has 2 aliphatic heterocycles. The Hall–Kier alpha value is -2.40. The second-order valence-corrected chi connectivity index (χ2v) is 9.12. The quantitative estimate of drug-likeness (QED) is 0.752. The number of amides is 1. The zero-order valence-corrected chi connectivity index (χ0v) is 18.1. The maximum absolute atomic E-state index is 12.5. The highest BCUT2D eigenvalue weighted by Crippen LogP contribution is 2.41. The van der Waals surface area contributed by atoms with Gasteiger partial charge in [-0.05, 0) is 38.9 Å². The Morgan fingerprint density at radius 3 is 2.55 bits per heavy atom. The number of rotatable bonds is 4. The molecule has 11 heteroatoms. The number of carbonyl (C=O) groups excluding carboxylic acids is 1. The monoisotopic (exact) mass is 459 g/mol. The number of thiazole rings is 1. The smallest absolute Gasteiger partial charge is 0.475 e. The van der Waals surface area contributed by atoms with Crippen molar-refractivity contribution >= 4 is 23.2 Å². The standard InChI is InChI=1S/C18H23N3O2S.C2HF3O2/c1-13-3-4-16(23-13)9-20-6-5-18(11-20)7-17(22)21(12-18)8-15-10-24-14(2)19-15;3-2(4,5)1(6)7/h3-4,10H,5-9,11-12H2,1-2H3;(H,6,7). The summed E-state index contributed by atoms with van der Waals surface area (Å²) in [7, 11) is 0. The highest BCUT2D eigenvalue weighted by Gasteiger charge is 2.47. The van der Waals surface area contributed by atoms with Crippen LogP contribution in [-0.4, -0.2) is 57.6 Å². The molecular weight excluding hydrogens is 435 g/mol. The summed E-state index contributed by atoms with van der Waals surface area (Å²) in [6.45, 7) is 8.35. The van der Waals surface area contributed by atoms with Gasteiger partial charge in [0.05, 0.1) is 23.8 Å². The van der Waals surface area contributed by atoms with E-state index in [-0.39, 0.29) is 11.3 Å². The minimum absolute atomic E-state index is 0.115. The number of carboxylic acids is 1. The van der Waals surface area contributed by atoms with Crippen LogP contribution in [0.25, 0.3) is 0 Å². The third kappa shape index (κ3) is 6.07. The Kier molecular flexibility index (Phi) is 6.75. The number of likely N-dealkylation sites (tertiary alicyclic amines) is 2. The summed E-state index contributed by atoms with van der Waals surface area (Å²) in [5, 5.41) is 10.3. The van der Waals surface area contributed by atoms with Crippen LogP contribution in [0.2, 0.25) is 0 Å². The molecule has 2 saturated heterocycles. The lowest BCUT2D eigenvalue weighted by Gasteiger charge is -2.23. The molecule has 0 aliphatic carbocycles. The molecule has 1 spiro atoms. The summed E-state index contributed by atoms with van der Waals surface area (Å²) in [6, 6.07) is 4.06. The van der Waals surface area contributed by atoms with Crippen LogP contribution in [0.15, 0.2) is 21.9 Å². The molecule has 0 aromatic carbocycles. The molecule has 2 aromatic rings. The fourth-order valence-electron chi connectivity index (χ4n) is 4.03. The van der Waals surface area contributed by atoms with Crippen molar-refractivity contribution in [2.45, 2.75) is 46.0 Å². The fourth-order valence-corrected chi connectivity index (χ4v) is 4.63. The highest BCUT2D eigenvalue weighted by molar-refractivity contribution is 7.09. The van der Waals surface area contributed by atoms with E-state index in [2.05, 4.69) is 21.3 Å². The average Bonchev–Trinajstić information content (AvgIpc) is 3.41. The predicted octanol–water partition coefficient (Wildman–Crippen LogP) is 3.61. The van der Waals surface area contributed by atoms with Gasteiger partial charge in [-0.3, -0.25) is 9.69 Å². The van der Waals surface area contributed by atoms with Crippen LogP contribution in [0.4, 0.5) is 13.2 Å². The highest BCUT2D eigenvalue weighted by atomic mass is 32.1. The molecule has 2 aromatic heterocycles. The lowest BCUT2D eigenvalue weighted by Crippen LogP contribution is -2.31. The minimum atomic E-state index is -5.08. The number of hydrogen-bond donors (Lipinski definition) is 1. The normalized spacial score (nSPS) is 21.6. The Balaban J connectivity index is 0.000000339. The van der Waals surface area contributed by atoms with Gasteiger partial charge in [0, 0.05) is 30.3 Å². The zero-order valence-electron chi connectivity index (χ0n) is 17.2. The number of nitrogens with zero attached hydrogens (tertiary/aromatic N) is 3. The zero-order chi connectivity index (χ0) is 22.8. The number of alkyl halides is 3. The van der Waals surface area contributed by atoms with Gasteiger partial charge in [0.15, 0.2) is 0 Å². The van der Waals surface area contributed by atoms with E-state index in [0.29, 0.717) is 13.0 Å². The van der Waals surface area contributed by atoms with Gasteiger partial charge in [-0.15, -0.1) is 11.3 Å². The molecule has 1 unspecified atom stereocenters. The first-order chi connectivity index (χ1) is 14.5. The van der Waals surface area contributed by atoms with Gasteiger partial charge in [-0.1, -0.05) is 0 Å². The number of carboxylic acid groups (broad SMARTS) is 1. The molecule has 2 aliphatic rings. The van der Waals surface area contributed by atoms with Gasteiger partial charge >= 0.3 is 12.1 Å². The van der Waals surface area contributed by atoms with Gasteiger partial charge in [-0.2, -0.15) is 13.2 Å². The van der Waals surface area contributed by atoms with Gasteiger partial charge in [0.1, 0.15) is 11.5 Å². The first kappa shape index (κ1) is 23.3. The van der Waals surface area contributed by atoms with E-state index in [1.807, 2.05) is 24.8 Å². The van der Waals surface area contributed by atoms with Crippen molar-refractivity contribution < 1.29 is 32.3 Å². The van der Waals surface area contributed by atoms with Crippen LogP contribution >= 0.6 is 11.3 Å². The van der Waals surface area contributed by atoms with Crippen LogP contribution < -0.4 is 0 Å². The van der Waals surface area contributed by atoms with E-state index in [9.17, 15) is 18.0 Å². The summed E-state index contributed by atoms with van der Waals surface area (Å²) in [5.74, 6) is -0.507. The second kappa shape index (κ2) is 8.99. The largest absolute Gasteiger partial charge is 0.490 e. The number of furan rings is 1. The molecule has 4 heterocycles. The van der Waals surface area contributed by atoms with Crippen molar-refractivity contribution in [1.29, 1.82) is 0 Å². The Labute approximate surface area is 181 Å². The van der Waals surface area contributed by atoms with Crippen molar-refractivity contribution in [2.75, 3.05) is 19.6 Å². The van der Waals surface area contributed by atoms with E-state index in [1.165, 1.54) is 0 Å². The molecule has 7 nitrogen and oxygen atoms in total. The molecule has 0 radical (unpaired) electrons. The molecule has 1 atom stereocenters. The molecule has 2 fully saturated rings. The molecule has 170 valence electrons. The molecule has 31 heavy (non-hydrogen) atoms. The third-order valence-corrected chi connectivity index (χ3v) is 6.18. The summed E-state index contributed by atoms with van der Waals surface area (Å²) in [6.07, 6.45) is -3.32. The topological polar surface area (TPSA) is 86.9 Å². The Morgan fingerprint density at radius 2 is 2.00 bits per heavy atom. The van der Waals surface area contributed by atoms with Crippen LogP contribution in [0.5, 0.6) is 0 Å². The molecule has 0 saturated carbocycles. The van der Waals surface area contributed by atoms with E-state index in [1.54, 1.807) is 11.3 Å². The molecule has 0 bridgehead atoms. The van der Waals surface area contributed by atoms with Crippen LogP contribution in [0.1, 0.15) is 35.1 Å². The van der Waals surface area contributed by atoms with Crippen LogP contribution in [0, 0.1) is 19.3 Å². The summed E-state index contributed by atoms with van der Waals surface area (Å²) >= 11 is 1.65. The maximum Gasteiger partial charge on any atom is 0.490 e. The molecular formula is C20H24F3N3O4S. The summed E-state index contributed by atoms with van der Waals surface area (Å²) < 4.78 is 37.4. The number of aliphatic carboxylic acids is 1. The van der Waals surface area contributed by atoms with E-state index in [0.717, 1.165) is 54.8 Å². The SMILES string of the molecule is Cc1ccc(CN2CCC3(CC(=O)N(Cc4csc(C)n4)C3)C2)o1.O=C(O)C(F)(F)F. The number of halogens is 3. The van der Waals surface area contributed by atoms with Crippen LogP contribution in [-0.2, 0) is 22.7 Å². The van der Waals surface area contributed by atoms with Crippen molar-refractivity contribution in [1.82, 2.24) is 14.8 Å². The molecule has 1 amide bonds. The fraction of sp³-hybridized carbons (Fsp3) is 0.550. The number of aromatic nitrogens is 1. The Bertz CT molecular complexity index is 942. The average molecular weight is 459 g/mol. The van der Waals surface area contributed by atoms with Crippen molar-refractivity contribution in [3.63, 3.8) is 0 Å². The van der Waals surface area contributed by atoms with Crippen molar-refractivity contribution in [3.05, 3.63) is 39.7 Å². The Morgan fingerprint density at radius 1 is 1.29 bits per heavy atom. The molecule has 4 rings (SSSR count). The van der Waals surface area contributed by atoms with Crippen molar-refractivity contribution in [2.24, 2.45) is 5.41 Å². The number of hydrogen-bond acceptors (Lipinski definition) is 6. The van der Waals surface area contributed by atoms with Gasteiger partial charge in [-0.25, -0.2) is 9.78 Å². The molecule has 1 N–H and O–H groups in total. The van der Waals surface area contributed by atoms with E-state index in [4.69, 9.17) is 14.3 Å². The number of carbonyl (C=O) groups is 2. The van der Waals surface area contributed by atoms with E-state index < -0.39 is 12.1 Å². The predicted molar refractivity (Wildman–Crippen MR) is 106 cm³/mol. The maximum atomic E-state index is 12.5. The van der Waals surface area contributed by atoms with Crippen LogP contribution in [0.3, 0.4) is 0 Å². The van der Waals surface area contributed by atoms with Gasteiger partial charge in [0.25, 0.3) is 0 Å². The van der Waals surface area contributed by atoms with Gasteiger partial charge < -0.3 is 14.4 Å². The second-order valence-electron chi connectivity index (χ2n) is 8.06. The third-order valence-electron chi connectivity index (χ3n) is 5.36. The minimum Gasteiger partial charge on any atom is -0.475 e. The summed E-state index contributed by atoms with van der Waals surface area (Å²) in [5.41, 5.74) is 1.13. The first-order valence-corrected chi connectivity index (χ1v) is 10.6.